The first-order chi connectivity index (χ1) is 12.2. The van der Waals surface area contributed by atoms with Crippen LogP contribution in [0, 0.1) is 0 Å². The van der Waals surface area contributed by atoms with Crippen LogP contribution in [-0.2, 0) is 5.41 Å². The van der Waals surface area contributed by atoms with Crippen LogP contribution >= 0.6 is 11.6 Å². The highest BCUT2D eigenvalue weighted by Crippen LogP contribution is 2.49. The average Bonchev–Trinajstić information content (AvgIpc) is 3.26. The number of nitrogens with zero attached hydrogens (tertiary/aromatic N) is 2. The number of amides is 1. The van der Waals surface area contributed by atoms with Gasteiger partial charge in [0.1, 0.15) is 5.69 Å². The summed E-state index contributed by atoms with van der Waals surface area (Å²) in [6.07, 6.45) is 6.27. The number of carbonyl (C=O) groups is 1. The fourth-order valence-corrected chi connectivity index (χ4v) is 3.98. The first kappa shape index (κ1) is 16.6. The lowest BCUT2D eigenvalue weighted by molar-refractivity contribution is 0.0943. The molecule has 1 aromatic carbocycles. The molecule has 2 aliphatic rings. The average molecular weight is 359 g/mol. The summed E-state index contributed by atoms with van der Waals surface area (Å²) in [5, 5.41) is 11.7. The van der Waals surface area contributed by atoms with Crippen molar-refractivity contribution >= 4 is 17.5 Å². The summed E-state index contributed by atoms with van der Waals surface area (Å²) in [5.74, 6) is -0.110. The molecule has 2 heterocycles. The number of aromatic nitrogens is 2. The lowest BCUT2D eigenvalue weighted by Crippen LogP contribution is -2.33. The Morgan fingerprint density at radius 1 is 1.36 bits per heavy atom. The largest absolute Gasteiger partial charge is 0.350 e. The van der Waals surface area contributed by atoms with E-state index in [0.29, 0.717) is 18.3 Å². The molecule has 1 aliphatic carbocycles. The summed E-state index contributed by atoms with van der Waals surface area (Å²) in [6.45, 7) is 2.58. The standard InChI is InChI=1S/C19H23ClN4O/c20-16-6-2-1-5-15(16)19(8-9-19)13-22-18(25)17-7-11-24(23-17)14-4-3-10-21-12-14/h1-2,5-7,11,14,21H,3-4,8-10,12-13H2,(H,22,25). The quantitative estimate of drug-likeness (QED) is 0.864. The van der Waals surface area contributed by atoms with E-state index in [0.717, 1.165) is 49.4 Å². The third-order valence-electron chi connectivity index (χ3n) is 5.37. The SMILES string of the molecule is O=C(NCC1(c2ccccc2Cl)CC1)c1ccn(C2CCCNC2)n1. The van der Waals surface area contributed by atoms with Crippen LogP contribution < -0.4 is 10.6 Å². The van der Waals surface area contributed by atoms with Crippen molar-refractivity contribution in [2.75, 3.05) is 19.6 Å². The predicted octanol–water partition coefficient (Wildman–Crippen LogP) is 2.92. The number of halogens is 1. The molecule has 5 nitrogen and oxygen atoms in total. The normalized spacial score (nSPS) is 21.7. The molecule has 4 rings (SSSR count). The number of benzene rings is 1. The molecule has 1 aliphatic heterocycles. The van der Waals surface area contributed by atoms with Gasteiger partial charge in [-0.15, -0.1) is 0 Å². The maximum Gasteiger partial charge on any atom is 0.271 e. The van der Waals surface area contributed by atoms with E-state index in [1.165, 1.54) is 0 Å². The van der Waals surface area contributed by atoms with Gasteiger partial charge in [0.05, 0.1) is 6.04 Å². The van der Waals surface area contributed by atoms with Crippen molar-refractivity contribution in [3.05, 3.63) is 52.8 Å². The monoisotopic (exact) mass is 358 g/mol. The maximum absolute atomic E-state index is 12.5. The van der Waals surface area contributed by atoms with Gasteiger partial charge in [0.25, 0.3) is 5.91 Å². The fraction of sp³-hybridized carbons (Fsp3) is 0.474. The van der Waals surface area contributed by atoms with Gasteiger partial charge in [-0.25, -0.2) is 0 Å². The van der Waals surface area contributed by atoms with Crippen molar-refractivity contribution < 1.29 is 4.79 Å². The molecule has 2 fully saturated rings. The van der Waals surface area contributed by atoms with Crippen LogP contribution in [-0.4, -0.2) is 35.3 Å². The van der Waals surface area contributed by atoms with Gasteiger partial charge in [0.2, 0.25) is 0 Å². The fourth-order valence-electron chi connectivity index (χ4n) is 3.65. The first-order valence-corrected chi connectivity index (χ1v) is 9.35. The van der Waals surface area contributed by atoms with E-state index < -0.39 is 0 Å². The minimum atomic E-state index is -0.110. The zero-order valence-corrected chi connectivity index (χ0v) is 14.9. The highest BCUT2D eigenvalue weighted by Gasteiger charge is 2.45. The molecule has 0 bridgehead atoms. The summed E-state index contributed by atoms with van der Waals surface area (Å²) in [4.78, 5) is 12.5. The van der Waals surface area contributed by atoms with Gasteiger partial charge in [0.15, 0.2) is 0 Å². The molecule has 1 atom stereocenters. The highest BCUT2D eigenvalue weighted by molar-refractivity contribution is 6.31. The minimum absolute atomic E-state index is 0.0101. The molecule has 2 aromatic rings. The lowest BCUT2D eigenvalue weighted by Gasteiger charge is -2.22. The third-order valence-corrected chi connectivity index (χ3v) is 5.70. The summed E-state index contributed by atoms with van der Waals surface area (Å²) in [7, 11) is 0. The molecular weight excluding hydrogens is 336 g/mol. The molecular formula is C19H23ClN4O. The van der Waals surface area contributed by atoms with Gasteiger partial charge in [-0.05, 0) is 49.9 Å². The van der Waals surface area contributed by atoms with Crippen molar-refractivity contribution in [2.45, 2.75) is 37.1 Å². The number of nitrogens with one attached hydrogen (secondary N) is 2. The minimum Gasteiger partial charge on any atom is -0.350 e. The Morgan fingerprint density at radius 2 is 2.20 bits per heavy atom. The van der Waals surface area contributed by atoms with Crippen LogP contribution in [0.15, 0.2) is 36.5 Å². The number of hydrogen-bond donors (Lipinski definition) is 2. The molecule has 2 N–H and O–H groups in total. The molecule has 1 unspecified atom stereocenters. The summed E-state index contributed by atoms with van der Waals surface area (Å²) in [6, 6.07) is 10.1. The molecule has 1 aromatic heterocycles. The number of hydrogen-bond acceptors (Lipinski definition) is 3. The lowest BCUT2D eigenvalue weighted by atomic mass is 9.96. The predicted molar refractivity (Wildman–Crippen MR) is 98.1 cm³/mol. The summed E-state index contributed by atoms with van der Waals surface area (Å²) >= 11 is 6.34. The molecule has 1 saturated carbocycles. The Bertz CT molecular complexity index is 762. The van der Waals surface area contributed by atoms with Crippen molar-refractivity contribution in [1.82, 2.24) is 20.4 Å². The highest BCUT2D eigenvalue weighted by atomic mass is 35.5. The van der Waals surface area contributed by atoms with E-state index in [9.17, 15) is 4.79 Å². The molecule has 1 amide bonds. The van der Waals surface area contributed by atoms with E-state index >= 15 is 0 Å². The zero-order valence-electron chi connectivity index (χ0n) is 14.2. The van der Waals surface area contributed by atoms with Crippen molar-refractivity contribution in [3.8, 4) is 0 Å². The Balaban J connectivity index is 1.40. The van der Waals surface area contributed by atoms with E-state index in [4.69, 9.17) is 11.6 Å². The second kappa shape index (κ2) is 6.81. The van der Waals surface area contributed by atoms with Gasteiger partial charge in [0, 0.05) is 29.7 Å². The molecule has 0 spiro atoms. The van der Waals surface area contributed by atoms with Gasteiger partial charge < -0.3 is 10.6 Å². The van der Waals surface area contributed by atoms with Crippen LogP contribution in [0.2, 0.25) is 5.02 Å². The Labute approximate surface area is 152 Å². The molecule has 25 heavy (non-hydrogen) atoms. The topological polar surface area (TPSA) is 59.0 Å². The van der Waals surface area contributed by atoms with Crippen LogP contribution in [0.3, 0.4) is 0 Å². The Hall–Kier alpha value is -1.85. The van der Waals surface area contributed by atoms with E-state index in [2.05, 4.69) is 21.8 Å². The van der Waals surface area contributed by atoms with E-state index in [-0.39, 0.29) is 11.3 Å². The van der Waals surface area contributed by atoms with Gasteiger partial charge >= 0.3 is 0 Å². The zero-order chi connectivity index (χ0) is 17.3. The summed E-state index contributed by atoms with van der Waals surface area (Å²) < 4.78 is 1.92. The van der Waals surface area contributed by atoms with Gasteiger partial charge in [-0.2, -0.15) is 5.10 Å². The van der Waals surface area contributed by atoms with Crippen LogP contribution in [0.5, 0.6) is 0 Å². The first-order valence-electron chi connectivity index (χ1n) is 8.97. The van der Waals surface area contributed by atoms with Crippen molar-refractivity contribution in [2.24, 2.45) is 0 Å². The third kappa shape index (κ3) is 3.44. The van der Waals surface area contributed by atoms with E-state index in [1.54, 1.807) is 6.07 Å². The second-order valence-electron chi connectivity index (χ2n) is 7.12. The number of piperidine rings is 1. The molecule has 132 valence electrons. The molecule has 6 heteroatoms. The number of carbonyl (C=O) groups excluding carboxylic acids is 1. The number of rotatable bonds is 5. The van der Waals surface area contributed by atoms with Crippen LogP contribution in [0.1, 0.15) is 47.8 Å². The van der Waals surface area contributed by atoms with Crippen molar-refractivity contribution in [3.63, 3.8) is 0 Å². The molecule has 0 radical (unpaired) electrons. The van der Waals surface area contributed by atoms with Gasteiger partial charge in [-0.3, -0.25) is 9.48 Å². The van der Waals surface area contributed by atoms with Crippen LogP contribution in [0.25, 0.3) is 0 Å². The van der Waals surface area contributed by atoms with Crippen LogP contribution in [0.4, 0.5) is 0 Å². The smallest absolute Gasteiger partial charge is 0.271 e. The summed E-state index contributed by atoms with van der Waals surface area (Å²) in [5.41, 5.74) is 1.61. The maximum atomic E-state index is 12.5. The van der Waals surface area contributed by atoms with Gasteiger partial charge in [-0.1, -0.05) is 29.8 Å². The molecule has 1 saturated heterocycles. The Morgan fingerprint density at radius 3 is 2.92 bits per heavy atom. The van der Waals surface area contributed by atoms with E-state index in [1.807, 2.05) is 29.1 Å². The Kier molecular flexibility index (Phi) is 4.52. The second-order valence-corrected chi connectivity index (χ2v) is 7.53. The van der Waals surface area contributed by atoms with Crippen molar-refractivity contribution in [1.29, 1.82) is 0 Å².